The SMILES string of the molecule is Cc1cccc(OCCNC(=O)COc2ccc(S(=O)(=O)N3CCCC3)cc2C(N)=O)c1. The van der Waals surface area contributed by atoms with E-state index < -0.39 is 21.8 Å². The van der Waals surface area contributed by atoms with Crippen LogP contribution in [0, 0.1) is 6.92 Å². The van der Waals surface area contributed by atoms with E-state index in [0.717, 1.165) is 18.4 Å². The van der Waals surface area contributed by atoms with Crippen molar-refractivity contribution >= 4 is 21.8 Å². The molecule has 0 bridgehead atoms. The molecule has 1 aliphatic rings. The van der Waals surface area contributed by atoms with E-state index in [0.29, 0.717) is 18.8 Å². The average molecular weight is 462 g/mol. The summed E-state index contributed by atoms with van der Waals surface area (Å²) < 4.78 is 37.8. The molecule has 0 spiro atoms. The van der Waals surface area contributed by atoms with Crippen LogP contribution in [0.2, 0.25) is 0 Å². The summed E-state index contributed by atoms with van der Waals surface area (Å²) in [6, 6.07) is 11.5. The topological polar surface area (TPSA) is 128 Å². The molecule has 0 radical (unpaired) electrons. The van der Waals surface area contributed by atoms with Crippen molar-refractivity contribution in [1.82, 2.24) is 9.62 Å². The van der Waals surface area contributed by atoms with Gasteiger partial charge in [-0.25, -0.2) is 8.42 Å². The lowest BCUT2D eigenvalue weighted by atomic mass is 10.2. The smallest absolute Gasteiger partial charge is 0.258 e. The van der Waals surface area contributed by atoms with Crippen LogP contribution in [-0.2, 0) is 14.8 Å². The Morgan fingerprint density at radius 2 is 1.84 bits per heavy atom. The quantitative estimate of drug-likeness (QED) is 0.516. The van der Waals surface area contributed by atoms with Crippen LogP contribution in [0.3, 0.4) is 0 Å². The Hall–Kier alpha value is -3.11. The number of ether oxygens (including phenoxy) is 2. The zero-order valence-electron chi connectivity index (χ0n) is 17.9. The number of sulfonamides is 1. The van der Waals surface area contributed by atoms with E-state index in [4.69, 9.17) is 15.2 Å². The normalized spacial score (nSPS) is 14.2. The number of nitrogens with two attached hydrogens (primary N) is 1. The van der Waals surface area contributed by atoms with E-state index in [1.54, 1.807) is 0 Å². The van der Waals surface area contributed by atoms with Gasteiger partial charge in [0.15, 0.2) is 6.61 Å². The molecule has 32 heavy (non-hydrogen) atoms. The number of nitrogens with zero attached hydrogens (tertiary/aromatic N) is 1. The Morgan fingerprint density at radius 3 is 2.53 bits per heavy atom. The van der Waals surface area contributed by atoms with Gasteiger partial charge in [0.2, 0.25) is 10.0 Å². The van der Waals surface area contributed by atoms with Gasteiger partial charge in [-0.3, -0.25) is 9.59 Å². The summed E-state index contributed by atoms with van der Waals surface area (Å²) in [7, 11) is -3.71. The first kappa shape index (κ1) is 23.6. The zero-order valence-corrected chi connectivity index (χ0v) is 18.7. The maximum atomic E-state index is 12.7. The second-order valence-electron chi connectivity index (χ2n) is 7.44. The molecule has 0 aliphatic carbocycles. The highest BCUT2D eigenvalue weighted by Crippen LogP contribution is 2.26. The summed E-state index contributed by atoms with van der Waals surface area (Å²) in [6.07, 6.45) is 1.60. The van der Waals surface area contributed by atoms with Crippen LogP contribution in [0.5, 0.6) is 11.5 Å². The third kappa shape index (κ3) is 5.98. The van der Waals surface area contributed by atoms with Crippen LogP contribution >= 0.6 is 0 Å². The van der Waals surface area contributed by atoms with Crippen LogP contribution in [0.4, 0.5) is 0 Å². The van der Waals surface area contributed by atoms with Crippen LogP contribution in [0.25, 0.3) is 0 Å². The molecule has 1 heterocycles. The highest BCUT2D eigenvalue weighted by atomic mass is 32.2. The van der Waals surface area contributed by atoms with E-state index in [-0.39, 0.29) is 36.0 Å². The number of hydrogen-bond donors (Lipinski definition) is 2. The van der Waals surface area contributed by atoms with Crippen molar-refractivity contribution in [3.05, 3.63) is 53.6 Å². The third-order valence-electron chi connectivity index (χ3n) is 4.96. The van der Waals surface area contributed by atoms with Crippen molar-refractivity contribution < 1.29 is 27.5 Å². The molecule has 2 amide bonds. The van der Waals surface area contributed by atoms with Crippen molar-refractivity contribution in [2.45, 2.75) is 24.7 Å². The molecule has 9 nitrogen and oxygen atoms in total. The summed E-state index contributed by atoms with van der Waals surface area (Å²) in [4.78, 5) is 23.9. The van der Waals surface area contributed by atoms with Gasteiger partial charge in [-0.15, -0.1) is 0 Å². The molecule has 1 saturated heterocycles. The van der Waals surface area contributed by atoms with E-state index in [2.05, 4.69) is 5.32 Å². The molecule has 1 fully saturated rings. The predicted octanol–water partition coefficient (Wildman–Crippen LogP) is 1.45. The fraction of sp³-hybridized carbons (Fsp3) is 0.364. The van der Waals surface area contributed by atoms with Gasteiger partial charge in [-0.1, -0.05) is 12.1 Å². The zero-order chi connectivity index (χ0) is 23.1. The van der Waals surface area contributed by atoms with Gasteiger partial charge in [0.25, 0.3) is 11.8 Å². The molecule has 0 unspecified atom stereocenters. The standard InChI is InChI=1S/C22H27N3O6S/c1-16-5-4-6-17(13-16)30-12-9-24-21(26)15-31-20-8-7-18(14-19(20)22(23)27)32(28,29)25-10-2-3-11-25/h4-8,13-14H,2-3,9-12,15H2,1H3,(H2,23,27)(H,24,26). The van der Waals surface area contributed by atoms with Crippen LogP contribution < -0.4 is 20.5 Å². The third-order valence-corrected chi connectivity index (χ3v) is 6.86. The van der Waals surface area contributed by atoms with Crippen LogP contribution in [0.15, 0.2) is 47.4 Å². The van der Waals surface area contributed by atoms with Gasteiger partial charge < -0.3 is 20.5 Å². The molecule has 3 rings (SSSR count). The largest absolute Gasteiger partial charge is 0.492 e. The number of nitrogens with one attached hydrogen (secondary N) is 1. The van der Waals surface area contributed by atoms with Crippen molar-refractivity contribution in [3.63, 3.8) is 0 Å². The van der Waals surface area contributed by atoms with Crippen molar-refractivity contribution in [2.75, 3.05) is 32.8 Å². The van der Waals surface area contributed by atoms with Crippen LogP contribution in [0.1, 0.15) is 28.8 Å². The molecule has 1 aliphatic heterocycles. The predicted molar refractivity (Wildman–Crippen MR) is 118 cm³/mol. The minimum Gasteiger partial charge on any atom is -0.492 e. The fourth-order valence-corrected chi connectivity index (χ4v) is 4.87. The maximum absolute atomic E-state index is 12.7. The van der Waals surface area contributed by atoms with Crippen molar-refractivity contribution in [2.24, 2.45) is 5.73 Å². The molecule has 172 valence electrons. The van der Waals surface area contributed by atoms with Gasteiger partial charge in [0.1, 0.15) is 18.1 Å². The number of benzene rings is 2. The minimum atomic E-state index is -3.71. The Morgan fingerprint density at radius 1 is 1.09 bits per heavy atom. The van der Waals surface area contributed by atoms with E-state index in [1.165, 1.54) is 22.5 Å². The fourth-order valence-electron chi connectivity index (χ4n) is 3.32. The maximum Gasteiger partial charge on any atom is 0.258 e. The molecule has 3 N–H and O–H groups in total. The van der Waals surface area contributed by atoms with Gasteiger partial charge >= 0.3 is 0 Å². The monoisotopic (exact) mass is 461 g/mol. The average Bonchev–Trinajstić information content (AvgIpc) is 3.31. The number of rotatable bonds is 10. The summed E-state index contributed by atoms with van der Waals surface area (Å²) >= 11 is 0. The molecular formula is C22H27N3O6S. The second kappa shape index (κ2) is 10.5. The highest BCUT2D eigenvalue weighted by molar-refractivity contribution is 7.89. The summed E-state index contributed by atoms with van der Waals surface area (Å²) in [5.41, 5.74) is 6.38. The van der Waals surface area contributed by atoms with Crippen molar-refractivity contribution in [3.8, 4) is 11.5 Å². The summed E-state index contributed by atoms with van der Waals surface area (Å²) in [5, 5.41) is 2.65. The highest BCUT2D eigenvalue weighted by Gasteiger charge is 2.28. The Balaban J connectivity index is 1.54. The number of hydrogen-bond acceptors (Lipinski definition) is 6. The molecule has 0 aromatic heterocycles. The van der Waals surface area contributed by atoms with Gasteiger partial charge in [-0.2, -0.15) is 4.31 Å². The lowest BCUT2D eigenvalue weighted by molar-refractivity contribution is -0.123. The van der Waals surface area contributed by atoms with E-state index in [9.17, 15) is 18.0 Å². The number of aryl methyl sites for hydroxylation is 1. The first-order valence-electron chi connectivity index (χ1n) is 10.3. The van der Waals surface area contributed by atoms with Crippen molar-refractivity contribution in [1.29, 1.82) is 0 Å². The summed E-state index contributed by atoms with van der Waals surface area (Å²) in [6.45, 7) is 3.04. The number of amides is 2. The molecule has 0 atom stereocenters. The summed E-state index contributed by atoms with van der Waals surface area (Å²) in [5.74, 6) is -0.498. The second-order valence-corrected chi connectivity index (χ2v) is 9.37. The van der Waals surface area contributed by atoms with Gasteiger partial charge in [-0.05, 0) is 55.7 Å². The van der Waals surface area contributed by atoms with E-state index >= 15 is 0 Å². The van der Waals surface area contributed by atoms with Crippen LogP contribution in [-0.4, -0.2) is 57.4 Å². The van der Waals surface area contributed by atoms with E-state index in [1.807, 2.05) is 31.2 Å². The Bertz CT molecular complexity index is 1080. The number of primary amides is 1. The number of carbonyl (C=O) groups excluding carboxylic acids is 2. The molecular weight excluding hydrogens is 434 g/mol. The Labute approximate surface area is 187 Å². The molecule has 2 aromatic carbocycles. The van der Waals surface area contributed by atoms with Gasteiger partial charge in [0, 0.05) is 13.1 Å². The minimum absolute atomic E-state index is 0.0294. The molecule has 0 saturated carbocycles. The molecule has 10 heteroatoms. The lowest BCUT2D eigenvalue weighted by Crippen LogP contribution is -2.32. The first-order valence-corrected chi connectivity index (χ1v) is 11.7. The number of carbonyl (C=O) groups is 2. The lowest BCUT2D eigenvalue weighted by Gasteiger charge is -2.17. The van der Waals surface area contributed by atoms with Gasteiger partial charge in [0.05, 0.1) is 17.0 Å². The molecule has 2 aromatic rings. The first-order chi connectivity index (χ1) is 15.3. The Kier molecular flexibility index (Phi) is 7.70.